The van der Waals surface area contributed by atoms with Gasteiger partial charge in [0.15, 0.2) is 5.82 Å². The fourth-order valence-electron chi connectivity index (χ4n) is 2.55. The summed E-state index contributed by atoms with van der Waals surface area (Å²) in [5.41, 5.74) is 1.76. The number of carbonyl (C=O) groups excluding carboxylic acids is 1. The van der Waals surface area contributed by atoms with Crippen molar-refractivity contribution in [2.45, 2.75) is 65.3 Å². The Balaban J connectivity index is 1.98. The first-order chi connectivity index (χ1) is 10.6. The van der Waals surface area contributed by atoms with Crippen molar-refractivity contribution in [1.82, 2.24) is 14.5 Å². The minimum absolute atomic E-state index is 0.0237. The molecule has 2 aromatic heterocycles. The van der Waals surface area contributed by atoms with Crippen molar-refractivity contribution >= 4 is 22.8 Å². The van der Waals surface area contributed by atoms with Gasteiger partial charge in [-0.15, -0.1) is 0 Å². The van der Waals surface area contributed by atoms with Gasteiger partial charge in [-0.25, -0.2) is 9.97 Å². The molecule has 1 amide bonds. The van der Waals surface area contributed by atoms with Gasteiger partial charge in [0, 0.05) is 18.7 Å². The lowest BCUT2D eigenvalue weighted by atomic mass is 10.1. The van der Waals surface area contributed by atoms with Crippen LogP contribution in [0, 0.1) is 0 Å². The van der Waals surface area contributed by atoms with E-state index < -0.39 is 0 Å². The maximum Gasteiger partial charge on any atom is 0.225 e. The molecule has 2 rings (SSSR count). The molecule has 0 atom stereocenters. The van der Waals surface area contributed by atoms with Crippen molar-refractivity contribution < 1.29 is 4.79 Å². The van der Waals surface area contributed by atoms with Gasteiger partial charge in [0.2, 0.25) is 5.91 Å². The van der Waals surface area contributed by atoms with Gasteiger partial charge in [0.05, 0.1) is 11.8 Å². The summed E-state index contributed by atoms with van der Waals surface area (Å²) < 4.78 is 2.08. The minimum Gasteiger partial charge on any atom is -0.328 e. The van der Waals surface area contributed by atoms with Crippen molar-refractivity contribution in [3.05, 3.63) is 18.6 Å². The van der Waals surface area contributed by atoms with E-state index in [1.54, 1.807) is 12.5 Å². The zero-order valence-electron chi connectivity index (χ0n) is 13.8. The Morgan fingerprint density at radius 3 is 2.73 bits per heavy atom. The molecule has 2 heterocycles. The molecule has 5 nitrogen and oxygen atoms in total. The molecular weight excluding hydrogens is 276 g/mol. The lowest BCUT2D eigenvalue weighted by Crippen LogP contribution is -2.12. The second kappa shape index (κ2) is 7.92. The molecule has 120 valence electrons. The van der Waals surface area contributed by atoms with Gasteiger partial charge < -0.3 is 9.88 Å². The SMILES string of the molecule is CCCCCCCC(=O)Nc1nccc2c1ncn2C(C)C. The lowest BCUT2D eigenvalue weighted by molar-refractivity contribution is -0.116. The molecule has 0 aliphatic carbocycles. The van der Waals surface area contributed by atoms with Gasteiger partial charge in [-0.05, 0) is 26.3 Å². The molecule has 0 saturated carbocycles. The summed E-state index contributed by atoms with van der Waals surface area (Å²) in [4.78, 5) is 20.7. The van der Waals surface area contributed by atoms with E-state index in [-0.39, 0.29) is 5.91 Å². The molecule has 0 unspecified atom stereocenters. The zero-order chi connectivity index (χ0) is 15.9. The molecule has 0 bridgehead atoms. The number of nitrogens with one attached hydrogen (secondary N) is 1. The Hall–Kier alpha value is -1.91. The largest absolute Gasteiger partial charge is 0.328 e. The van der Waals surface area contributed by atoms with Crippen LogP contribution in [0.4, 0.5) is 5.82 Å². The fourth-order valence-corrected chi connectivity index (χ4v) is 2.55. The van der Waals surface area contributed by atoms with Crippen LogP contribution in [0.3, 0.4) is 0 Å². The average molecular weight is 302 g/mol. The van der Waals surface area contributed by atoms with E-state index in [9.17, 15) is 4.79 Å². The van der Waals surface area contributed by atoms with E-state index in [0.29, 0.717) is 18.3 Å². The Kier molecular flexibility index (Phi) is 5.92. The summed E-state index contributed by atoms with van der Waals surface area (Å²) in [5, 5.41) is 2.90. The summed E-state index contributed by atoms with van der Waals surface area (Å²) in [5.74, 6) is 0.589. The highest BCUT2D eigenvalue weighted by molar-refractivity contribution is 5.97. The number of aromatic nitrogens is 3. The highest BCUT2D eigenvalue weighted by Gasteiger charge is 2.12. The first-order valence-corrected chi connectivity index (χ1v) is 8.25. The number of anilines is 1. The molecule has 5 heteroatoms. The molecule has 0 radical (unpaired) electrons. The molecule has 0 fully saturated rings. The maximum absolute atomic E-state index is 12.0. The average Bonchev–Trinajstić information content (AvgIpc) is 2.92. The van der Waals surface area contributed by atoms with Crippen LogP contribution in [0.25, 0.3) is 11.0 Å². The van der Waals surface area contributed by atoms with Gasteiger partial charge in [-0.3, -0.25) is 4.79 Å². The van der Waals surface area contributed by atoms with Crippen LogP contribution < -0.4 is 5.32 Å². The summed E-state index contributed by atoms with van der Waals surface area (Å²) in [7, 11) is 0. The van der Waals surface area contributed by atoms with Gasteiger partial charge in [0.25, 0.3) is 0 Å². The Labute approximate surface area is 132 Å². The highest BCUT2D eigenvalue weighted by Crippen LogP contribution is 2.22. The summed E-state index contributed by atoms with van der Waals surface area (Å²) in [6.07, 6.45) is 9.79. The molecule has 0 aliphatic rings. The molecule has 0 saturated heterocycles. The molecule has 0 aliphatic heterocycles. The van der Waals surface area contributed by atoms with Crippen LogP contribution in [0.2, 0.25) is 0 Å². The molecule has 0 aromatic carbocycles. The quantitative estimate of drug-likeness (QED) is 0.739. The fraction of sp³-hybridized carbons (Fsp3) is 0.588. The lowest BCUT2D eigenvalue weighted by Gasteiger charge is -2.09. The Morgan fingerprint density at radius 1 is 1.23 bits per heavy atom. The van der Waals surface area contributed by atoms with Crippen molar-refractivity contribution in [2.24, 2.45) is 0 Å². The number of fused-ring (bicyclic) bond motifs is 1. The van der Waals surface area contributed by atoms with Crippen LogP contribution in [0.5, 0.6) is 0 Å². The number of unbranched alkanes of at least 4 members (excludes halogenated alkanes) is 4. The van der Waals surface area contributed by atoms with E-state index in [1.165, 1.54) is 19.3 Å². The second-order valence-corrected chi connectivity index (χ2v) is 5.99. The monoisotopic (exact) mass is 302 g/mol. The van der Waals surface area contributed by atoms with E-state index in [1.807, 2.05) is 6.07 Å². The van der Waals surface area contributed by atoms with Crippen LogP contribution in [0.1, 0.15) is 65.3 Å². The highest BCUT2D eigenvalue weighted by atomic mass is 16.1. The summed E-state index contributed by atoms with van der Waals surface area (Å²) in [6.45, 7) is 6.40. The third kappa shape index (κ3) is 4.06. The first kappa shape index (κ1) is 16.5. The molecule has 22 heavy (non-hydrogen) atoms. The standard InChI is InChI=1S/C17H26N4O/c1-4-5-6-7-8-9-15(22)20-17-16-14(10-11-18-17)21(12-19-16)13(2)3/h10-13H,4-9H2,1-3H3,(H,18,20,22). The molecule has 1 N–H and O–H groups in total. The van der Waals surface area contributed by atoms with Gasteiger partial charge in [0.1, 0.15) is 5.52 Å². The third-order valence-electron chi connectivity index (χ3n) is 3.81. The number of carbonyl (C=O) groups is 1. The second-order valence-electron chi connectivity index (χ2n) is 5.99. The van der Waals surface area contributed by atoms with E-state index in [0.717, 1.165) is 23.9 Å². The Bertz CT molecular complexity index is 618. The topological polar surface area (TPSA) is 59.8 Å². The number of nitrogens with zero attached hydrogens (tertiary/aromatic N) is 3. The van der Waals surface area contributed by atoms with Crippen molar-refractivity contribution in [3.63, 3.8) is 0 Å². The predicted octanol–water partition coefficient (Wildman–Crippen LogP) is 4.31. The van der Waals surface area contributed by atoms with Gasteiger partial charge >= 0.3 is 0 Å². The van der Waals surface area contributed by atoms with Crippen molar-refractivity contribution in [2.75, 3.05) is 5.32 Å². The number of rotatable bonds is 8. The minimum atomic E-state index is 0.0237. The number of hydrogen-bond donors (Lipinski definition) is 1. The van der Waals surface area contributed by atoms with Gasteiger partial charge in [-0.2, -0.15) is 0 Å². The third-order valence-corrected chi connectivity index (χ3v) is 3.81. The normalized spacial score (nSPS) is 11.3. The van der Waals surface area contributed by atoms with Crippen LogP contribution in [-0.2, 0) is 4.79 Å². The molecule has 2 aromatic rings. The maximum atomic E-state index is 12.0. The number of amides is 1. The predicted molar refractivity (Wildman–Crippen MR) is 89.9 cm³/mol. The van der Waals surface area contributed by atoms with Crippen LogP contribution in [-0.4, -0.2) is 20.4 Å². The number of imidazole rings is 1. The van der Waals surface area contributed by atoms with Crippen molar-refractivity contribution in [3.8, 4) is 0 Å². The number of hydrogen-bond acceptors (Lipinski definition) is 3. The van der Waals surface area contributed by atoms with Crippen LogP contribution in [0.15, 0.2) is 18.6 Å². The first-order valence-electron chi connectivity index (χ1n) is 8.25. The summed E-state index contributed by atoms with van der Waals surface area (Å²) in [6, 6.07) is 2.26. The van der Waals surface area contributed by atoms with E-state index in [2.05, 4.69) is 40.6 Å². The van der Waals surface area contributed by atoms with E-state index >= 15 is 0 Å². The number of pyridine rings is 1. The van der Waals surface area contributed by atoms with Crippen molar-refractivity contribution in [1.29, 1.82) is 0 Å². The zero-order valence-corrected chi connectivity index (χ0v) is 13.8. The molecule has 0 spiro atoms. The van der Waals surface area contributed by atoms with E-state index in [4.69, 9.17) is 0 Å². The molecular formula is C17H26N4O. The Morgan fingerprint density at radius 2 is 2.00 bits per heavy atom. The summed E-state index contributed by atoms with van der Waals surface area (Å²) >= 11 is 0. The van der Waals surface area contributed by atoms with Crippen LogP contribution >= 0.6 is 0 Å². The smallest absolute Gasteiger partial charge is 0.225 e. The van der Waals surface area contributed by atoms with Gasteiger partial charge in [-0.1, -0.05) is 32.6 Å².